The Hall–Kier alpha value is -3.62. The van der Waals surface area contributed by atoms with E-state index in [1.165, 1.54) is 24.3 Å². The van der Waals surface area contributed by atoms with Crippen LogP contribution in [0, 0.1) is 10.1 Å². The number of amides is 2. The molecule has 27 heavy (non-hydrogen) atoms. The van der Waals surface area contributed by atoms with Gasteiger partial charge >= 0.3 is 0 Å². The second-order valence-electron chi connectivity index (χ2n) is 5.38. The number of carbonyl (C=O) groups is 2. The highest BCUT2D eigenvalue weighted by atomic mass is 16.6. The minimum Gasteiger partial charge on any atom is -0.497 e. The predicted octanol–water partition coefficient (Wildman–Crippen LogP) is 1.53. The molecule has 0 saturated heterocycles. The van der Waals surface area contributed by atoms with Gasteiger partial charge in [-0.15, -0.1) is 0 Å². The van der Waals surface area contributed by atoms with Crippen molar-refractivity contribution in [3.63, 3.8) is 0 Å². The maximum atomic E-state index is 11.9. The van der Waals surface area contributed by atoms with Gasteiger partial charge in [0.1, 0.15) is 11.5 Å². The molecule has 0 unspecified atom stereocenters. The zero-order chi connectivity index (χ0) is 19.6. The molecule has 0 radical (unpaired) electrons. The van der Waals surface area contributed by atoms with Crippen molar-refractivity contribution in [3.05, 3.63) is 64.2 Å². The van der Waals surface area contributed by atoms with Crippen molar-refractivity contribution in [1.82, 2.24) is 10.6 Å². The number of methoxy groups -OCH3 is 1. The second-order valence-corrected chi connectivity index (χ2v) is 5.38. The van der Waals surface area contributed by atoms with E-state index in [1.54, 1.807) is 31.4 Å². The lowest BCUT2D eigenvalue weighted by molar-refractivity contribution is -0.384. The van der Waals surface area contributed by atoms with Crippen LogP contribution in [0.4, 0.5) is 5.69 Å². The van der Waals surface area contributed by atoms with Crippen molar-refractivity contribution in [2.75, 3.05) is 26.8 Å². The monoisotopic (exact) mass is 373 g/mol. The summed E-state index contributed by atoms with van der Waals surface area (Å²) >= 11 is 0. The second kappa shape index (κ2) is 9.76. The molecule has 0 fully saturated rings. The molecule has 2 aromatic rings. The molecular weight excluding hydrogens is 354 g/mol. The molecule has 9 heteroatoms. The molecule has 9 nitrogen and oxygen atoms in total. The fourth-order valence-electron chi connectivity index (χ4n) is 2.11. The molecule has 0 spiro atoms. The first-order valence-electron chi connectivity index (χ1n) is 8.06. The van der Waals surface area contributed by atoms with Crippen LogP contribution in [0.25, 0.3) is 0 Å². The van der Waals surface area contributed by atoms with Crippen molar-refractivity contribution in [3.8, 4) is 11.5 Å². The quantitative estimate of drug-likeness (QED) is 0.391. The number of hydrogen-bond acceptors (Lipinski definition) is 6. The van der Waals surface area contributed by atoms with Gasteiger partial charge in [-0.2, -0.15) is 0 Å². The third kappa shape index (κ3) is 6.31. The average Bonchev–Trinajstić information content (AvgIpc) is 2.69. The van der Waals surface area contributed by atoms with Crippen molar-refractivity contribution in [2.45, 2.75) is 0 Å². The molecule has 2 aromatic carbocycles. The van der Waals surface area contributed by atoms with E-state index in [0.717, 1.165) is 0 Å². The number of hydrogen-bond donors (Lipinski definition) is 2. The summed E-state index contributed by atoms with van der Waals surface area (Å²) in [6.07, 6.45) is 0. The van der Waals surface area contributed by atoms with Crippen LogP contribution >= 0.6 is 0 Å². The molecular formula is C18H19N3O6. The summed E-state index contributed by atoms with van der Waals surface area (Å²) in [5.74, 6) is 0.217. The van der Waals surface area contributed by atoms with Crippen molar-refractivity contribution < 1.29 is 24.0 Å². The number of benzene rings is 2. The molecule has 0 heterocycles. The number of nitrogens with zero attached hydrogens (tertiary/aromatic N) is 1. The first-order chi connectivity index (χ1) is 13.0. The molecule has 2 N–H and O–H groups in total. The number of ether oxygens (including phenoxy) is 2. The van der Waals surface area contributed by atoms with Crippen LogP contribution in [0.3, 0.4) is 0 Å². The predicted molar refractivity (Wildman–Crippen MR) is 96.9 cm³/mol. The molecule has 142 valence electrons. The maximum absolute atomic E-state index is 11.9. The van der Waals surface area contributed by atoms with E-state index in [4.69, 9.17) is 9.47 Å². The first-order valence-corrected chi connectivity index (χ1v) is 8.06. The van der Waals surface area contributed by atoms with E-state index < -0.39 is 10.8 Å². The number of nitro benzene ring substituents is 1. The summed E-state index contributed by atoms with van der Waals surface area (Å²) in [4.78, 5) is 33.8. The van der Waals surface area contributed by atoms with Gasteiger partial charge in [0.2, 0.25) is 0 Å². The Morgan fingerprint density at radius 2 is 1.74 bits per heavy atom. The molecule has 0 bridgehead atoms. The molecule has 0 aliphatic heterocycles. The Labute approximate surface area is 155 Å². The number of nitrogens with one attached hydrogen (secondary N) is 2. The van der Waals surface area contributed by atoms with E-state index in [-0.39, 0.29) is 37.0 Å². The third-order valence-electron chi connectivity index (χ3n) is 3.48. The molecule has 0 aliphatic carbocycles. The van der Waals surface area contributed by atoms with Gasteiger partial charge in [0.15, 0.2) is 6.61 Å². The van der Waals surface area contributed by atoms with Gasteiger partial charge in [-0.25, -0.2) is 0 Å². The highest BCUT2D eigenvalue weighted by molar-refractivity contribution is 5.94. The molecule has 0 aromatic heterocycles. The Bertz CT molecular complexity index is 807. The fourth-order valence-corrected chi connectivity index (χ4v) is 2.11. The number of carbonyl (C=O) groups excluding carboxylic acids is 2. The van der Waals surface area contributed by atoms with E-state index in [1.807, 2.05) is 0 Å². The van der Waals surface area contributed by atoms with Crippen LogP contribution in [-0.4, -0.2) is 43.5 Å². The number of nitro groups is 1. The van der Waals surface area contributed by atoms with Gasteiger partial charge in [-0.3, -0.25) is 19.7 Å². The molecule has 2 rings (SSSR count). The summed E-state index contributed by atoms with van der Waals surface area (Å²) in [5, 5.41) is 15.9. The van der Waals surface area contributed by atoms with Crippen LogP contribution in [-0.2, 0) is 4.79 Å². The summed E-state index contributed by atoms with van der Waals surface area (Å²) < 4.78 is 10.2. The molecule has 0 saturated carbocycles. The summed E-state index contributed by atoms with van der Waals surface area (Å²) in [5.41, 5.74) is 0.366. The van der Waals surface area contributed by atoms with E-state index in [0.29, 0.717) is 11.3 Å². The van der Waals surface area contributed by atoms with Gasteiger partial charge < -0.3 is 20.1 Å². The molecule has 0 aliphatic rings. The van der Waals surface area contributed by atoms with E-state index >= 15 is 0 Å². The summed E-state index contributed by atoms with van der Waals surface area (Å²) in [6, 6.07) is 12.2. The Morgan fingerprint density at radius 1 is 1.04 bits per heavy atom. The van der Waals surface area contributed by atoms with Gasteiger partial charge in [-0.1, -0.05) is 6.07 Å². The summed E-state index contributed by atoms with van der Waals surface area (Å²) in [6.45, 7) is 0.181. The van der Waals surface area contributed by atoms with Crippen molar-refractivity contribution in [2.24, 2.45) is 0 Å². The first kappa shape index (κ1) is 19.7. The van der Waals surface area contributed by atoms with Crippen LogP contribution < -0.4 is 20.1 Å². The van der Waals surface area contributed by atoms with E-state index in [9.17, 15) is 19.7 Å². The standard InChI is InChI=1S/C18H19N3O6/c1-26-15-7-5-13(6-8-15)18(23)20-10-9-19-17(22)12-27-16-4-2-3-14(11-16)21(24)25/h2-8,11H,9-10,12H2,1H3,(H,19,22)(H,20,23). The van der Waals surface area contributed by atoms with Crippen LogP contribution in [0.2, 0.25) is 0 Å². The maximum Gasteiger partial charge on any atom is 0.273 e. The SMILES string of the molecule is COc1ccc(C(=O)NCCNC(=O)COc2cccc([N+](=O)[O-])c2)cc1. The van der Waals surface area contributed by atoms with Gasteiger partial charge in [-0.05, 0) is 30.3 Å². The average molecular weight is 373 g/mol. The molecule has 2 amide bonds. The van der Waals surface area contributed by atoms with Crippen molar-refractivity contribution >= 4 is 17.5 Å². The Kier molecular flexibility index (Phi) is 7.12. The van der Waals surface area contributed by atoms with Gasteiger partial charge in [0.25, 0.3) is 17.5 Å². The van der Waals surface area contributed by atoms with Crippen LogP contribution in [0.15, 0.2) is 48.5 Å². The Balaban J connectivity index is 1.67. The highest BCUT2D eigenvalue weighted by Crippen LogP contribution is 2.18. The van der Waals surface area contributed by atoms with Crippen LogP contribution in [0.1, 0.15) is 10.4 Å². The smallest absolute Gasteiger partial charge is 0.273 e. The number of rotatable bonds is 9. The third-order valence-corrected chi connectivity index (χ3v) is 3.48. The zero-order valence-corrected chi connectivity index (χ0v) is 14.6. The lowest BCUT2D eigenvalue weighted by Gasteiger charge is -2.09. The zero-order valence-electron chi connectivity index (χ0n) is 14.6. The topological polar surface area (TPSA) is 120 Å². The van der Waals surface area contributed by atoms with Crippen molar-refractivity contribution in [1.29, 1.82) is 0 Å². The lowest BCUT2D eigenvalue weighted by Crippen LogP contribution is -2.36. The Morgan fingerprint density at radius 3 is 2.41 bits per heavy atom. The van der Waals surface area contributed by atoms with E-state index in [2.05, 4.69) is 10.6 Å². The van der Waals surface area contributed by atoms with Gasteiger partial charge in [0.05, 0.1) is 18.1 Å². The minimum atomic E-state index is -0.543. The lowest BCUT2D eigenvalue weighted by atomic mass is 10.2. The largest absolute Gasteiger partial charge is 0.497 e. The highest BCUT2D eigenvalue weighted by Gasteiger charge is 2.09. The molecule has 0 atom stereocenters. The summed E-state index contributed by atoms with van der Waals surface area (Å²) in [7, 11) is 1.54. The normalized spacial score (nSPS) is 9.96. The minimum absolute atomic E-state index is 0.117. The fraction of sp³-hybridized carbons (Fsp3) is 0.222. The van der Waals surface area contributed by atoms with Crippen LogP contribution in [0.5, 0.6) is 11.5 Å². The number of non-ortho nitro benzene ring substituents is 1. The van der Waals surface area contributed by atoms with Gasteiger partial charge in [0, 0.05) is 24.7 Å².